The maximum Gasteiger partial charge on any atom is 0.125 e. The van der Waals surface area contributed by atoms with E-state index >= 15 is 0 Å². The fraction of sp³-hybridized carbons (Fsp3) is 0.667. The fourth-order valence-corrected chi connectivity index (χ4v) is 3.75. The third-order valence-corrected chi connectivity index (χ3v) is 4.94. The van der Waals surface area contributed by atoms with Crippen molar-refractivity contribution in [2.75, 3.05) is 39.5 Å². The Kier molecular flexibility index (Phi) is 7.19. The van der Waals surface area contributed by atoms with Crippen molar-refractivity contribution < 1.29 is 14.4 Å². The normalized spacial score (nSPS) is 21.8. The lowest BCUT2D eigenvalue weighted by molar-refractivity contribution is -0.906. The van der Waals surface area contributed by atoms with E-state index in [2.05, 4.69) is 48.8 Å². The van der Waals surface area contributed by atoms with Crippen LogP contribution in [0.25, 0.3) is 0 Å². The monoisotopic (exact) mass is 370 g/mol. The quantitative estimate of drug-likeness (QED) is 0.745. The number of quaternary nitrogens is 1. The molecule has 2 rings (SSSR count). The summed E-state index contributed by atoms with van der Waals surface area (Å²) in [7, 11) is 0. The average Bonchev–Trinajstić information content (AvgIpc) is 2.46. The van der Waals surface area contributed by atoms with Crippen molar-refractivity contribution in [2.24, 2.45) is 5.92 Å². The zero-order valence-electron chi connectivity index (χ0n) is 14.1. The van der Waals surface area contributed by atoms with E-state index in [1.165, 1.54) is 37.1 Å². The number of rotatable bonds is 7. The largest absolute Gasteiger partial charge is 0.491 e. The van der Waals surface area contributed by atoms with E-state index < -0.39 is 0 Å². The topological polar surface area (TPSA) is 22.9 Å². The second kappa shape index (κ2) is 8.90. The van der Waals surface area contributed by atoms with Crippen LogP contribution in [0.3, 0.4) is 0 Å². The minimum atomic E-state index is 0.621. The van der Waals surface area contributed by atoms with Gasteiger partial charge >= 0.3 is 0 Å². The SMILES string of the molecule is Cc1cc(Br)cc(C)c1OCCOCC[NH+]1CCC(C)CC1. The Balaban J connectivity index is 1.60. The van der Waals surface area contributed by atoms with E-state index in [4.69, 9.17) is 9.47 Å². The molecule has 0 radical (unpaired) electrons. The Hall–Kier alpha value is -0.580. The second-order valence-electron chi connectivity index (χ2n) is 6.51. The molecule has 0 spiro atoms. The summed E-state index contributed by atoms with van der Waals surface area (Å²) in [6, 6.07) is 4.17. The first kappa shape index (κ1) is 17.8. The lowest BCUT2D eigenvalue weighted by Crippen LogP contribution is -3.13. The predicted molar refractivity (Wildman–Crippen MR) is 93.9 cm³/mol. The highest BCUT2D eigenvalue weighted by Crippen LogP contribution is 2.27. The van der Waals surface area contributed by atoms with E-state index in [0.29, 0.717) is 13.2 Å². The van der Waals surface area contributed by atoms with Crippen LogP contribution in [0, 0.1) is 19.8 Å². The molecule has 124 valence electrons. The Morgan fingerprint density at radius 2 is 1.73 bits per heavy atom. The molecule has 0 atom stereocenters. The third kappa shape index (κ3) is 5.56. The number of likely N-dealkylation sites (tertiary alicyclic amines) is 1. The maximum absolute atomic E-state index is 5.88. The molecular weight excluding hydrogens is 342 g/mol. The minimum absolute atomic E-state index is 0.621. The molecule has 0 unspecified atom stereocenters. The molecule has 1 aromatic carbocycles. The first-order chi connectivity index (χ1) is 10.6. The van der Waals surface area contributed by atoms with Crippen LogP contribution >= 0.6 is 15.9 Å². The van der Waals surface area contributed by atoms with Crippen LogP contribution in [0.1, 0.15) is 30.9 Å². The third-order valence-electron chi connectivity index (χ3n) is 4.48. The van der Waals surface area contributed by atoms with Crippen LogP contribution in [0.2, 0.25) is 0 Å². The second-order valence-corrected chi connectivity index (χ2v) is 7.43. The number of benzene rings is 1. The Morgan fingerprint density at radius 3 is 2.36 bits per heavy atom. The Morgan fingerprint density at radius 1 is 1.09 bits per heavy atom. The first-order valence-corrected chi connectivity index (χ1v) is 9.16. The summed E-state index contributed by atoms with van der Waals surface area (Å²) >= 11 is 3.51. The van der Waals surface area contributed by atoms with E-state index in [1.807, 2.05) is 0 Å². The summed E-state index contributed by atoms with van der Waals surface area (Å²) in [6.45, 7) is 12.4. The van der Waals surface area contributed by atoms with Crippen LogP contribution < -0.4 is 9.64 Å². The predicted octanol–water partition coefficient (Wildman–Crippen LogP) is 2.78. The van der Waals surface area contributed by atoms with Gasteiger partial charge in [0.15, 0.2) is 0 Å². The van der Waals surface area contributed by atoms with Crippen molar-refractivity contribution in [1.29, 1.82) is 0 Å². The van der Waals surface area contributed by atoms with Gasteiger partial charge in [0.05, 0.1) is 26.3 Å². The van der Waals surface area contributed by atoms with E-state index in [1.54, 1.807) is 4.90 Å². The molecule has 1 aliphatic heterocycles. The summed E-state index contributed by atoms with van der Waals surface area (Å²) in [5.74, 6) is 1.90. The molecular formula is C18H29BrNO2+. The van der Waals surface area contributed by atoms with E-state index in [-0.39, 0.29) is 0 Å². The van der Waals surface area contributed by atoms with Gasteiger partial charge in [-0.2, -0.15) is 0 Å². The van der Waals surface area contributed by atoms with Gasteiger partial charge in [-0.05, 0) is 55.9 Å². The van der Waals surface area contributed by atoms with Crippen molar-refractivity contribution in [3.05, 3.63) is 27.7 Å². The molecule has 1 aromatic rings. The minimum Gasteiger partial charge on any atom is -0.491 e. The van der Waals surface area contributed by atoms with Gasteiger partial charge in [-0.15, -0.1) is 0 Å². The lowest BCUT2D eigenvalue weighted by atomic mass is 9.99. The number of hydrogen-bond donors (Lipinski definition) is 1. The van der Waals surface area contributed by atoms with Gasteiger partial charge in [0.25, 0.3) is 0 Å². The molecule has 0 saturated carbocycles. The fourth-order valence-electron chi connectivity index (χ4n) is 3.07. The molecule has 0 aromatic heterocycles. The standard InChI is InChI=1S/C18H28BrNO2/c1-14-4-6-20(7-5-14)8-9-21-10-11-22-18-15(2)12-17(19)13-16(18)3/h12-14H,4-11H2,1-3H3/p+1. The van der Waals surface area contributed by atoms with Gasteiger partial charge in [-0.1, -0.05) is 22.9 Å². The summed E-state index contributed by atoms with van der Waals surface area (Å²) < 4.78 is 12.7. The first-order valence-electron chi connectivity index (χ1n) is 8.37. The average molecular weight is 371 g/mol. The molecule has 1 heterocycles. The number of nitrogens with one attached hydrogen (secondary N) is 1. The Bertz CT molecular complexity index is 447. The Labute approximate surface area is 143 Å². The van der Waals surface area contributed by atoms with Gasteiger partial charge < -0.3 is 14.4 Å². The summed E-state index contributed by atoms with van der Waals surface area (Å²) in [4.78, 5) is 1.69. The molecule has 1 saturated heterocycles. The van der Waals surface area contributed by atoms with Gasteiger partial charge in [0, 0.05) is 4.47 Å². The van der Waals surface area contributed by atoms with Crippen molar-refractivity contribution in [1.82, 2.24) is 0 Å². The molecule has 1 N–H and O–H groups in total. The zero-order chi connectivity index (χ0) is 15.9. The van der Waals surface area contributed by atoms with Crippen LogP contribution in [0.5, 0.6) is 5.75 Å². The summed E-state index contributed by atoms with van der Waals surface area (Å²) in [6.07, 6.45) is 2.72. The highest BCUT2D eigenvalue weighted by molar-refractivity contribution is 9.10. The molecule has 0 amide bonds. The summed E-state index contributed by atoms with van der Waals surface area (Å²) in [5, 5.41) is 0. The molecule has 0 bridgehead atoms. The number of hydrogen-bond acceptors (Lipinski definition) is 2. The molecule has 1 aliphatic rings. The molecule has 4 heteroatoms. The van der Waals surface area contributed by atoms with Gasteiger partial charge in [-0.3, -0.25) is 0 Å². The molecule has 3 nitrogen and oxygen atoms in total. The van der Waals surface area contributed by atoms with E-state index in [0.717, 1.165) is 29.3 Å². The number of ether oxygens (including phenoxy) is 2. The number of halogens is 1. The molecule has 0 aliphatic carbocycles. The van der Waals surface area contributed by atoms with Crippen LogP contribution in [0.15, 0.2) is 16.6 Å². The summed E-state index contributed by atoms with van der Waals surface area (Å²) in [5.41, 5.74) is 2.33. The molecule has 22 heavy (non-hydrogen) atoms. The highest BCUT2D eigenvalue weighted by atomic mass is 79.9. The van der Waals surface area contributed by atoms with Gasteiger partial charge in [0.1, 0.15) is 18.9 Å². The van der Waals surface area contributed by atoms with Crippen molar-refractivity contribution in [2.45, 2.75) is 33.6 Å². The lowest BCUT2D eigenvalue weighted by Gasteiger charge is -2.27. The van der Waals surface area contributed by atoms with E-state index in [9.17, 15) is 0 Å². The molecule has 1 fully saturated rings. The highest BCUT2D eigenvalue weighted by Gasteiger charge is 2.18. The van der Waals surface area contributed by atoms with Crippen LogP contribution in [-0.4, -0.2) is 39.5 Å². The van der Waals surface area contributed by atoms with Gasteiger partial charge in [0.2, 0.25) is 0 Å². The number of piperidine rings is 1. The smallest absolute Gasteiger partial charge is 0.125 e. The van der Waals surface area contributed by atoms with Crippen molar-refractivity contribution >= 4 is 15.9 Å². The van der Waals surface area contributed by atoms with Crippen LogP contribution in [-0.2, 0) is 4.74 Å². The number of aryl methyl sites for hydroxylation is 2. The maximum atomic E-state index is 5.88. The van der Waals surface area contributed by atoms with Crippen LogP contribution in [0.4, 0.5) is 0 Å². The van der Waals surface area contributed by atoms with Crippen molar-refractivity contribution in [3.63, 3.8) is 0 Å². The van der Waals surface area contributed by atoms with Gasteiger partial charge in [-0.25, -0.2) is 0 Å². The zero-order valence-corrected chi connectivity index (χ0v) is 15.7. The van der Waals surface area contributed by atoms with Crippen molar-refractivity contribution in [3.8, 4) is 5.75 Å².